The molecule has 26 heavy (non-hydrogen) atoms. The van der Waals surface area contributed by atoms with E-state index in [0.717, 1.165) is 0 Å². The number of nitrogens with one attached hydrogen (secondary N) is 2. The highest BCUT2D eigenvalue weighted by atomic mass is 19.4. The number of hydrogen-bond donors (Lipinski definition) is 2. The standard InChI is InChI=1S/C18H19F3N4O/c19-18(20,21)13-8-10-25(11-9-13)16-7-6-15(12-22-16)24-17(26)23-14-4-2-1-3-5-14/h1-7,12-13H,8-11H2,(H2,23,24,26). The van der Waals surface area contributed by atoms with Gasteiger partial charge in [-0.1, -0.05) is 18.2 Å². The number of piperidine rings is 1. The zero-order chi connectivity index (χ0) is 18.6. The molecule has 0 spiro atoms. The lowest BCUT2D eigenvalue weighted by Crippen LogP contribution is -2.39. The van der Waals surface area contributed by atoms with Crippen LogP contribution in [0, 0.1) is 5.92 Å². The summed E-state index contributed by atoms with van der Waals surface area (Å²) in [6, 6.07) is 12.0. The number of nitrogens with zero attached hydrogens (tertiary/aromatic N) is 2. The summed E-state index contributed by atoms with van der Waals surface area (Å²) in [6.45, 7) is 0.636. The maximum absolute atomic E-state index is 12.7. The highest BCUT2D eigenvalue weighted by Gasteiger charge is 2.41. The number of hydrogen-bond acceptors (Lipinski definition) is 3. The van der Waals surface area contributed by atoms with Gasteiger partial charge < -0.3 is 15.5 Å². The molecule has 8 heteroatoms. The third-order valence-corrected chi connectivity index (χ3v) is 4.32. The van der Waals surface area contributed by atoms with Gasteiger partial charge in [0, 0.05) is 18.8 Å². The van der Waals surface area contributed by atoms with Gasteiger partial charge in [0.1, 0.15) is 5.82 Å². The van der Waals surface area contributed by atoms with Gasteiger partial charge in [-0.05, 0) is 37.1 Å². The zero-order valence-electron chi connectivity index (χ0n) is 14.0. The Morgan fingerprint density at radius 3 is 2.23 bits per heavy atom. The van der Waals surface area contributed by atoms with Crippen LogP contribution < -0.4 is 15.5 Å². The van der Waals surface area contributed by atoms with Crippen LogP contribution in [0.5, 0.6) is 0 Å². The second-order valence-electron chi connectivity index (χ2n) is 6.15. The number of anilines is 3. The zero-order valence-corrected chi connectivity index (χ0v) is 14.0. The first-order valence-electron chi connectivity index (χ1n) is 8.32. The van der Waals surface area contributed by atoms with E-state index in [1.165, 1.54) is 6.20 Å². The van der Waals surface area contributed by atoms with Crippen molar-refractivity contribution in [2.45, 2.75) is 19.0 Å². The molecule has 0 radical (unpaired) electrons. The first-order chi connectivity index (χ1) is 12.4. The maximum Gasteiger partial charge on any atom is 0.391 e. The number of halogens is 3. The van der Waals surface area contributed by atoms with Gasteiger partial charge in [0.15, 0.2) is 0 Å². The number of aromatic nitrogens is 1. The van der Waals surface area contributed by atoms with Crippen LogP contribution in [-0.4, -0.2) is 30.3 Å². The van der Waals surface area contributed by atoms with Crippen molar-refractivity contribution in [3.8, 4) is 0 Å². The fourth-order valence-electron chi connectivity index (χ4n) is 2.90. The summed E-state index contributed by atoms with van der Waals surface area (Å²) in [5.74, 6) is -0.624. The minimum atomic E-state index is -4.13. The molecule has 1 saturated heterocycles. The Hall–Kier alpha value is -2.77. The van der Waals surface area contributed by atoms with E-state index in [1.54, 1.807) is 24.3 Å². The molecular formula is C18H19F3N4O. The predicted molar refractivity (Wildman–Crippen MR) is 94.3 cm³/mol. The van der Waals surface area contributed by atoms with Gasteiger partial charge in [0.2, 0.25) is 0 Å². The molecule has 1 aromatic carbocycles. The number of benzene rings is 1. The summed E-state index contributed by atoms with van der Waals surface area (Å²) in [5, 5.41) is 5.36. The van der Waals surface area contributed by atoms with Gasteiger partial charge >= 0.3 is 12.2 Å². The molecule has 1 aliphatic heterocycles. The molecule has 1 aromatic heterocycles. The van der Waals surface area contributed by atoms with Crippen molar-refractivity contribution in [2.24, 2.45) is 5.92 Å². The minimum absolute atomic E-state index is 0.0741. The normalized spacial score (nSPS) is 15.6. The topological polar surface area (TPSA) is 57.3 Å². The highest BCUT2D eigenvalue weighted by molar-refractivity contribution is 5.99. The Morgan fingerprint density at radius 1 is 1.00 bits per heavy atom. The van der Waals surface area contributed by atoms with Crippen LogP contribution in [-0.2, 0) is 0 Å². The quantitative estimate of drug-likeness (QED) is 0.843. The van der Waals surface area contributed by atoms with Crippen LogP contribution in [0.15, 0.2) is 48.7 Å². The van der Waals surface area contributed by atoms with Crippen molar-refractivity contribution in [1.82, 2.24) is 4.98 Å². The maximum atomic E-state index is 12.7. The van der Waals surface area contributed by atoms with Crippen LogP contribution in [0.2, 0.25) is 0 Å². The van der Waals surface area contributed by atoms with Crippen LogP contribution in [0.25, 0.3) is 0 Å². The summed E-state index contributed by atoms with van der Waals surface area (Å²) >= 11 is 0. The number of urea groups is 1. The molecule has 2 amide bonds. The Kier molecular flexibility index (Phi) is 5.29. The van der Waals surface area contributed by atoms with E-state index in [1.807, 2.05) is 23.1 Å². The number of alkyl halides is 3. The molecule has 138 valence electrons. The number of carbonyl (C=O) groups is 1. The van der Waals surface area contributed by atoms with Crippen LogP contribution in [0.1, 0.15) is 12.8 Å². The molecule has 5 nitrogen and oxygen atoms in total. The Balaban J connectivity index is 1.53. The fourth-order valence-corrected chi connectivity index (χ4v) is 2.90. The Bertz CT molecular complexity index is 726. The van der Waals surface area contributed by atoms with E-state index in [4.69, 9.17) is 0 Å². The third-order valence-electron chi connectivity index (χ3n) is 4.32. The van der Waals surface area contributed by atoms with Gasteiger partial charge in [-0.3, -0.25) is 0 Å². The smallest absolute Gasteiger partial charge is 0.357 e. The molecule has 0 aliphatic carbocycles. The number of amides is 2. The second-order valence-corrected chi connectivity index (χ2v) is 6.15. The summed E-state index contributed by atoms with van der Waals surface area (Å²) in [4.78, 5) is 18.0. The highest BCUT2D eigenvalue weighted by Crippen LogP contribution is 2.35. The molecule has 2 aromatic rings. The van der Waals surface area contributed by atoms with Crippen LogP contribution >= 0.6 is 0 Å². The van der Waals surface area contributed by atoms with Gasteiger partial charge in [0.25, 0.3) is 0 Å². The van der Waals surface area contributed by atoms with Gasteiger partial charge in [-0.2, -0.15) is 13.2 Å². The largest absolute Gasteiger partial charge is 0.391 e. The van der Waals surface area contributed by atoms with Gasteiger partial charge in [-0.25, -0.2) is 9.78 Å². The molecule has 0 atom stereocenters. The average Bonchev–Trinajstić information content (AvgIpc) is 2.62. The molecule has 1 aliphatic rings. The number of rotatable bonds is 3. The van der Waals surface area contributed by atoms with E-state index < -0.39 is 18.1 Å². The summed E-state index contributed by atoms with van der Waals surface area (Å²) in [7, 11) is 0. The van der Waals surface area contributed by atoms with Crippen molar-refractivity contribution in [1.29, 1.82) is 0 Å². The molecule has 0 unspecified atom stereocenters. The van der Waals surface area contributed by atoms with Crippen LogP contribution in [0.4, 0.5) is 35.2 Å². The molecular weight excluding hydrogens is 345 g/mol. The summed E-state index contributed by atoms with van der Waals surface area (Å²) in [5.41, 5.74) is 1.18. The molecule has 2 N–H and O–H groups in total. The van der Waals surface area contributed by atoms with E-state index in [-0.39, 0.29) is 12.8 Å². The fraction of sp³-hybridized carbons (Fsp3) is 0.333. The lowest BCUT2D eigenvalue weighted by molar-refractivity contribution is -0.179. The minimum Gasteiger partial charge on any atom is -0.357 e. The van der Waals surface area contributed by atoms with Gasteiger partial charge in [0.05, 0.1) is 17.8 Å². The molecule has 0 saturated carbocycles. The third kappa shape index (κ3) is 4.65. The van der Waals surface area contributed by atoms with E-state index in [0.29, 0.717) is 30.3 Å². The first-order valence-corrected chi connectivity index (χ1v) is 8.32. The Morgan fingerprint density at radius 2 is 1.65 bits per heavy atom. The van der Waals surface area contributed by atoms with E-state index in [2.05, 4.69) is 15.6 Å². The number of para-hydroxylation sites is 1. The van der Waals surface area contributed by atoms with Crippen molar-refractivity contribution in [3.05, 3.63) is 48.7 Å². The lowest BCUT2D eigenvalue weighted by atomic mass is 9.96. The number of pyridine rings is 1. The molecule has 1 fully saturated rings. The Labute approximate surface area is 149 Å². The van der Waals surface area contributed by atoms with E-state index in [9.17, 15) is 18.0 Å². The summed E-state index contributed by atoms with van der Waals surface area (Å²) < 4.78 is 38.2. The predicted octanol–water partition coefficient (Wildman–Crippen LogP) is 4.50. The van der Waals surface area contributed by atoms with Crippen molar-refractivity contribution in [2.75, 3.05) is 28.6 Å². The van der Waals surface area contributed by atoms with Crippen molar-refractivity contribution >= 4 is 23.2 Å². The molecule has 2 heterocycles. The van der Waals surface area contributed by atoms with Crippen LogP contribution in [0.3, 0.4) is 0 Å². The molecule has 0 bridgehead atoms. The average molecular weight is 364 g/mol. The first kappa shape index (κ1) is 18.0. The summed E-state index contributed by atoms with van der Waals surface area (Å²) in [6.07, 6.45) is -2.48. The SMILES string of the molecule is O=C(Nc1ccccc1)Nc1ccc(N2CCC(C(F)(F)F)CC2)nc1. The molecule has 3 rings (SSSR count). The van der Waals surface area contributed by atoms with Gasteiger partial charge in [-0.15, -0.1) is 0 Å². The van der Waals surface area contributed by atoms with E-state index >= 15 is 0 Å². The second kappa shape index (κ2) is 7.63. The van der Waals surface area contributed by atoms with Crippen molar-refractivity contribution in [3.63, 3.8) is 0 Å². The monoisotopic (exact) mass is 364 g/mol. The number of carbonyl (C=O) groups excluding carboxylic acids is 1. The van der Waals surface area contributed by atoms with Crippen molar-refractivity contribution < 1.29 is 18.0 Å². The lowest BCUT2D eigenvalue weighted by Gasteiger charge is -2.33.